The molecule has 142 valence electrons. The van der Waals surface area contributed by atoms with E-state index in [-0.39, 0.29) is 0 Å². The Morgan fingerprint density at radius 3 is 1.41 bits per heavy atom. The molecule has 0 heterocycles. The minimum atomic E-state index is -0.828. The highest BCUT2D eigenvalue weighted by Crippen LogP contribution is 2.51. The second-order valence-corrected chi connectivity index (χ2v) is 7.20. The first-order valence-electron chi connectivity index (χ1n) is 9.83. The number of aliphatic hydroxyl groups excluding tert-OH is 1. The van der Waals surface area contributed by atoms with Gasteiger partial charge in [0.15, 0.2) is 0 Å². The molecule has 0 amide bonds. The molecular formula is C28H24O. The maximum absolute atomic E-state index is 11.9. The standard InChI is InChI=1S/C28H24O/c1-22(23-14-6-2-7-15-23)28(25-18-10-4-11-19-25,26-20-12-5-13-21-26)27(29)24-16-8-3-9-17-24/h2-21,27,29H,1H2. The lowest BCUT2D eigenvalue weighted by molar-refractivity contribution is 0.131. The lowest BCUT2D eigenvalue weighted by Gasteiger charge is -2.41. The van der Waals surface area contributed by atoms with Crippen molar-refractivity contribution in [2.75, 3.05) is 0 Å². The third kappa shape index (κ3) is 3.41. The van der Waals surface area contributed by atoms with Crippen molar-refractivity contribution in [3.8, 4) is 0 Å². The predicted octanol–water partition coefficient (Wildman–Crippen LogP) is 6.42. The number of rotatable bonds is 6. The molecule has 1 N–H and O–H groups in total. The normalized spacial score (nSPS) is 12.3. The van der Waals surface area contributed by atoms with Gasteiger partial charge in [-0.2, -0.15) is 0 Å². The second-order valence-electron chi connectivity index (χ2n) is 7.20. The maximum Gasteiger partial charge on any atom is 0.0968 e. The van der Waals surface area contributed by atoms with Crippen LogP contribution in [0.1, 0.15) is 28.4 Å². The summed E-state index contributed by atoms with van der Waals surface area (Å²) >= 11 is 0. The molecule has 29 heavy (non-hydrogen) atoms. The molecule has 0 aromatic heterocycles. The summed E-state index contributed by atoms with van der Waals surface area (Å²) in [5.74, 6) is 0. The van der Waals surface area contributed by atoms with Crippen molar-refractivity contribution < 1.29 is 5.11 Å². The van der Waals surface area contributed by atoms with Gasteiger partial charge in [-0.25, -0.2) is 0 Å². The molecular weight excluding hydrogens is 352 g/mol. The SMILES string of the molecule is C=C(c1ccccc1)C(c1ccccc1)(c1ccccc1)C(O)c1ccccc1. The zero-order chi connectivity index (χ0) is 20.1. The van der Waals surface area contributed by atoms with Crippen LogP contribution in [-0.4, -0.2) is 5.11 Å². The van der Waals surface area contributed by atoms with Crippen molar-refractivity contribution in [1.82, 2.24) is 0 Å². The highest BCUT2D eigenvalue weighted by molar-refractivity contribution is 5.79. The van der Waals surface area contributed by atoms with Crippen molar-refractivity contribution in [2.45, 2.75) is 11.5 Å². The summed E-state index contributed by atoms with van der Waals surface area (Å²) in [6.07, 6.45) is -0.804. The molecule has 1 atom stereocenters. The van der Waals surface area contributed by atoms with Gasteiger partial charge in [-0.3, -0.25) is 0 Å². The summed E-state index contributed by atoms with van der Waals surface area (Å²) in [6, 6.07) is 40.3. The summed E-state index contributed by atoms with van der Waals surface area (Å²) in [5, 5.41) is 11.9. The summed E-state index contributed by atoms with van der Waals surface area (Å²) in [7, 11) is 0. The van der Waals surface area contributed by atoms with Crippen LogP contribution in [0.3, 0.4) is 0 Å². The average molecular weight is 376 g/mol. The molecule has 0 aliphatic rings. The van der Waals surface area contributed by atoms with E-state index in [1.165, 1.54) is 0 Å². The van der Waals surface area contributed by atoms with Gasteiger partial charge in [-0.15, -0.1) is 0 Å². The minimum Gasteiger partial charge on any atom is -0.387 e. The average Bonchev–Trinajstić information content (AvgIpc) is 2.82. The van der Waals surface area contributed by atoms with Gasteiger partial charge in [0, 0.05) is 0 Å². The fourth-order valence-corrected chi connectivity index (χ4v) is 4.15. The van der Waals surface area contributed by atoms with Gasteiger partial charge in [0.05, 0.1) is 11.5 Å². The lowest BCUT2D eigenvalue weighted by atomic mass is 9.62. The monoisotopic (exact) mass is 376 g/mol. The molecule has 0 spiro atoms. The Morgan fingerprint density at radius 1 is 0.586 bits per heavy atom. The first-order chi connectivity index (χ1) is 14.2. The topological polar surface area (TPSA) is 20.2 Å². The Bertz CT molecular complexity index is 1010. The van der Waals surface area contributed by atoms with Crippen LogP contribution in [0.4, 0.5) is 0 Å². The highest BCUT2D eigenvalue weighted by atomic mass is 16.3. The first-order valence-corrected chi connectivity index (χ1v) is 9.83. The van der Waals surface area contributed by atoms with E-state index in [1.807, 2.05) is 84.9 Å². The Balaban J connectivity index is 2.04. The smallest absolute Gasteiger partial charge is 0.0968 e. The molecule has 0 aliphatic heterocycles. The Kier molecular flexibility index (Phi) is 5.41. The van der Waals surface area contributed by atoms with Gasteiger partial charge in [0.2, 0.25) is 0 Å². The van der Waals surface area contributed by atoms with E-state index in [1.54, 1.807) is 0 Å². The molecule has 4 aromatic rings. The molecule has 4 aromatic carbocycles. The van der Waals surface area contributed by atoms with Gasteiger partial charge in [-0.1, -0.05) is 128 Å². The van der Waals surface area contributed by atoms with Crippen molar-refractivity contribution in [2.24, 2.45) is 0 Å². The van der Waals surface area contributed by atoms with Crippen LogP contribution in [0.25, 0.3) is 5.57 Å². The molecule has 1 unspecified atom stereocenters. The third-order valence-electron chi connectivity index (χ3n) is 5.58. The Morgan fingerprint density at radius 2 is 0.966 bits per heavy atom. The molecule has 1 heteroatoms. The maximum atomic E-state index is 11.9. The molecule has 4 rings (SSSR count). The molecule has 0 radical (unpaired) electrons. The van der Waals surface area contributed by atoms with E-state index in [4.69, 9.17) is 0 Å². The zero-order valence-electron chi connectivity index (χ0n) is 16.3. The highest BCUT2D eigenvalue weighted by Gasteiger charge is 2.45. The molecule has 0 aliphatic carbocycles. The van der Waals surface area contributed by atoms with E-state index in [0.29, 0.717) is 0 Å². The molecule has 0 saturated carbocycles. The van der Waals surface area contributed by atoms with Crippen LogP contribution in [-0.2, 0) is 5.41 Å². The van der Waals surface area contributed by atoms with E-state index in [9.17, 15) is 5.11 Å². The number of hydrogen-bond donors (Lipinski definition) is 1. The van der Waals surface area contributed by atoms with Crippen molar-refractivity contribution in [3.05, 3.63) is 150 Å². The fourth-order valence-electron chi connectivity index (χ4n) is 4.15. The van der Waals surface area contributed by atoms with Gasteiger partial charge in [0.1, 0.15) is 0 Å². The summed E-state index contributed by atoms with van der Waals surface area (Å²) in [4.78, 5) is 0. The van der Waals surface area contributed by atoms with Gasteiger partial charge in [0.25, 0.3) is 0 Å². The number of benzene rings is 4. The van der Waals surface area contributed by atoms with Crippen LogP contribution in [0, 0.1) is 0 Å². The van der Waals surface area contributed by atoms with Crippen LogP contribution in [0.2, 0.25) is 0 Å². The molecule has 0 fully saturated rings. The van der Waals surface area contributed by atoms with E-state index < -0.39 is 11.5 Å². The summed E-state index contributed by atoms with van der Waals surface area (Å²) in [5.41, 5.74) is 3.93. The summed E-state index contributed by atoms with van der Waals surface area (Å²) < 4.78 is 0. The first kappa shape index (κ1) is 18.9. The lowest BCUT2D eigenvalue weighted by Crippen LogP contribution is -2.36. The van der Waals surface area contributed by atoms with Crippen molar-refractivity contribution in [3.63, 3.8) is 0 Å². The molecule has 0 saturated heterocycles. The third-order valence-corrected chi connectivity index (χ3v) is 5.58. The Hall–Kier alpha value is -3.42. The van der Waals surface area contributed by atoms with Gasteiger partial charge < -0.3 is 5.11 Å². The fraction of sp³-hybridized carbons (Fsp3) is 0.0714. The quantitative estimate of drug-likeness (QED) is 0.412. The largest absolute Gasteiger partial charge is 0.387 e. The molecule has 1 nitrogen and oxygen atoms in total. The van der Waals surface area contributed by atoms with Gasteiger partial charge in [-0.05, 0) is 27.8 Å². The predicted molar refractivity (Wildman–Crippen MR) is 121 cm³/mol. The van der Waals surface area contributed by atoms with E-state index in [2.05, 4.69) is 43.0 Å². The number of hydrogen-bond acceptors (Lipinski definition) is 1. The van der Waals surface area contributed by atoms with Gasteiger partial charge >= 0.3 is 0 Å². The van der Waals surface area contributed by atoms with Crippen molar-refractivity contribution in [1.29, 1.82) is 0 Å². The van der Waals surface area contributed by atoms with Crippen LogP contribution < -0.4 is 0 Å². The van der Waals surface area contributed by atoms with E-state index >= 15 is 0 Å². The van der Waals surface area contributed by atoms with Crippen LogP contribution >= 0.6 is 0 Å². The second kappa shape index (κ2) is 8.30. The van der Waals surface area contributed by atoms with Crippen LogP contribution in [0.15, 0.2) is 128 Å². The Labute approximate surface area is 172 Å². The number of aliphatic hydroxyl groups is 1. The zero-order valence-corrected chi connectivity index (χ0v) is 16.3. The molecule has 0 bridgehead atoms. The summed E-state index contributed by atoms with van der Waals surface area (Å²) in [6.45, 7) is 4.54. The van der Waals surface area contributed by atoms with Crippen LogP contribution in [0.5, 0.6) is 0 Å². The minimum absolute atomic E-state index is 0.804. The van der Waals surface area contributed by atoms with E-state index in [0.717, 1.165) is 27.8 Å². The van der Waals surface area contributed by atoms with Crippen molar-refractivity contribution >= 4 is 5.57 Å².